The number of carbonyl (C=O) groups is 2. The van der Waals surface area contributed by atoms with Gasteiger partial charge < -0.3 is 10.2 Å². The van der Waals surface area contributed by atoms with E-state index in [0.717, 1.165) is 0 Å². The molecule has 0 bridgehead atoms. The van der Waals surface area contributed by atoms with E-state index in [1.165, 1.54) is 0 Å². The van der Waals surface area contributed by atoms with Crippen molar-refractivity contribution in [3.05, 3.63) is 0 Å². The number of carboxylic acids is 2. The summed E-state index contributed by atoms with van der Waals surface area (Å²) in [7, 11) is 0. The van der Waals surface area contributed by atoms with Gasteiger partial charge in [0.2, 0.25) is 0 Å². The molecule has 0 aliphatic rings. The predicted octanol–water partition coefficient (Wildman–Crippen LogP) is 14.3. The predicted molar refractivity (Wildman–Crippen MR) is 150 cm³/mol. The Morgan fingerprint density at radius 1 is 0.265 bits per heavy atom. The molecule has 2 atom stereocenters. The zero-order valence-corrected chi connectivity index (χ0v) is 31.8. The van der Waals surface area contributed by atoms with Gasteiger partial charge in [0.25, 0.3) is 0 Å². The summed E-state index contributed by atoms with van der Waals surface area (Å²) in [6, 6.07) is 0. The molecule has 0 aromatic carbocycles. The third-order valence-corrected chi connectivity index (χ3v) is 9.71. The minimum atomic E-state index is -8.93. The van der Waals surface area contributed by atoms with E-state index in [1.54, 1.807) is 0 Å². The molecule has 406 valence electrons. The molecule has 0 aliphatic heterocycles. The Labute approximate surface area is 353 Å². The highest BCUT2D eigenvalue weighted by Crippen LogP contribution is 2.66. The summed E-state index contributed by atoms with van der Waals surface area (Å²) >= 11 is 0. The number of unbranched alkanes of at least 4 members (excludes halogenated alkanes) is 1. The number of hydrogen-bond donors (Lipinski definition) is 2. The maximum absolute atomic E-state index is 14.2. The lowest BCUT2D eigenvalue weighted by molar-refractivity contribution is -0.461. The normalized spacial score (nSPS) is 16.8. The Kier molecular flexibility index (Phi) is 18.0. The van der Waals surface area contributed by atoms with Crippen LogP contribution in [-0.2, 0) is 9.59 Å². The van der Waals surface area contributed by atoms with Crippen LogP contribution >= 0.6 is 0 Å². The first-order valence-corrected chi connectivity index (χ1v) is 17.2. The molecule has 0 saturated carbocycles. The minimum Gasteiger partial charge on any atom is -0.481 e. The van der Waals surface area contributed by atoms with Crippen molar-refractivity contribution in [1.82, 2.24) is 0 Å². The van der Waals surface area contributed by atoms with Crippen LogP contribution in [0.4, 0.5) is 149 Å². The molecule has 0 fully saturated rings. The van der Waals surface area contributed by atoms with E-state index < -0.39 is 183 Å². The molecule has 38 heteroatoms. The van der Waals surface area contributed by atoms with Gasteiger partial charge in [-0.15, -0.1) is 0 Å². The minimum absolute atomic E-state index is 0.814. The first-order valence-electron chi connectivity index (χ1n) is 17.2. The van der Waals surface area contributed by atoms with Crippen molar-refractivity contribution in [2.75, 3.05) is 0 Å². The SMILES string of the molecule is O=C(O)C(CCCCC(CCCC(F)(F)C(F)(F)C(F)(F)C(F)(F)C(F)(F)C(F)(F)C(F)(F)C(F)(F)F)C(=O)O)CCCC(F)(F)C(F)(F)C(F)(F)C(F)(F)C(F)(F)C(F)(F)C(F)(F)C(F)(F)F. The van der Waals surface area contributed by atoms with Gasteiger partial charge in [0.15, 0.2) is 0 Å². The molecule has 0 amide bonds. The second-order valence-corrected chi connectivity index (χ2v) is 14.4. The second kappa shape index (κ2) is 19.0. The Bertz CT molecular complexity index is 1600. The Morgan fingerprint density at radius 2 is 0.426 bits per heavy atom. The monoisotopic (exact) mass is 1090 g/mol. The molecule has 0 spiro atoms. The van der Waals surface area contributed by atoms with Gasteiger partial charge in [-0.1, -0.05) is 12.8 Å². The topological polar surface area (TPSA) is 74.6 Å². The van der Waals surface area contributed by atoms with E-state index in [4.69, 9.17) is 10.2 Å². The Balaban J connectivity index is 5.97. The smallest absolute Gasteiger partial charge is 0.460 e. The molecule has 4 nitrogen and oxygen atoms in total. The summed E-state index contributed by atoms with van der Waals surface area (Å²) < 4.78 is 457. The Hall–Kier alpha value is -3.44. The largest absolute Gasteiger partial charge is 0.481 e. The van der Waals surface area contributed by atoms with Gasteiger partial charge in [0, 0.05) is 12.8 Å². The van der Waals surface area contributed by atoms with E-state index in [2.05, 4.69) is 0 Å². The number of alkyl halides is 34. The highest BCUT2D eigenvalue weighted by Gasteiger charge is 2.96. The van der Waals surface area contributed by atoms with Gasteiger partial charge >= 0.3 is 107 Å². The standard InChI is InChI=1S/C30H24F34O4/c31-15(32,17(35,36)19(39,40)21(43,44)23(47,48)25(51,52)27(55,56)29(59,60)61)9-3-7-11(13(65)66)5-1-2-6-12(14(67)68)8-4-10-16(33,34)18(37,38)20(41,42)22(45,46)24(49,50)26(53,54)28(57,58)30(62,63)64/h11-12H,1-10H2,(H,65,66)(H,67,68). The van der Waals surface area contributed by atoms with Crippen molar-refractivity contribution in [3.8, 4) is 0 Å². The molecular weight excluding hydrogens is 1070 g/mol. The van der Waals surface area contributed by atoms with E-state index in [0.29, 0.717) is 0 Å². The van der Waals surface area contributed by atoms with E-state index in [1.807, 2.05) is 0 Å². The van der Waals surface area contributed by atoms with Crippen LogP contribution in [0.2, 0.25) is 0 Å². The Morgan fingerprint density at radius 3 is 0.603 bits per heavy atom. The maximum atomic E-state index is 14.2. The summed E-state index contributed by atoms with van der Waals surface area (Å²) in [6.45, 7) is 0. The van der Waals surface area contributed by atoms with Gasteiger partial charge in [-0.3, -0.25) is 9.59 Å². The van der Waals surface area contributed by atoms with Crippen LogP contribution in [0, 0.1) is 11.8 Å². The average Bonchev–Trinajstić information content (AvgIpc) is 3.12. The summed E-state index contributed by atoms with van der Waals surface area (Å²) in [5, 5.41) is 18.3. The van der Waals surface area contributed by atoms with Gasteiger partial charge in [0.1, 0.15) is 0 Å². The molecule has 2 N–H and O–H groups in total. The van der Waals surface area contributed by atoms with Crippen LogP contribution in [0.1, 0.15) is 64.2 Å². The molecule has 0 aromatic heterocycles. The number of rotatable bonds is 27. The van der Waals surface area contributed by atoms with Gasteiger partial charge in [0.05, 0.1) is 11.8 Å². The summed E-state index contributed by atoms with van der Waals surface area (Å²) in [6.07, 6.45) is -32.8. The molecule has 2 unspecified atom stereocenters. The third kappa shape index (κ3) is 10.3. The zero-order valence-electron chi connectivity index (χ0n) is 31.8. The number of carboxylic acid groups (broad SMARTS) is 2. The van der Waals surface area contributed by atoms with Crippen molar-refractivity contribution < 1.29 is 169 Å². The quantitative estimate of drug-likeness (QED) is 0.0635. The fraction of sp³-hybridized carbons (Fsp3) is 0.933. The molecule has 0 saturated heterocycles. The first kappa shape index (κ1) is 64.6. The lowest BCUT2D eigenvalue weighted by atomic mass is 9.86. The molecular formula is C30H24F34O4. The number of halogens is 34. The number of hydrogen-bond acceptors (Lipinski definition) is 2. The molecule has 0 aliphatic carbocycles. The zero-order chi connectivity index (χ0) is 55.4. The van der Waals surface area contributed by atoms with Crippen molar-refractivity contribution in [1.29, 1.82) is 0 Å². The van der Waals surface area contributed by atoms with E-state index in [-0.39, 0.29) is 0 Å². The molecule has 0 aromatic rings. The highest BCUT2D eigenvalue weighted by atomic mass is 19.4. The van der Waals surface area contributed by atoms with Crippen LogP contribution in [0.15, 0.2) is 0 Å². The summed E-state index contributed by atoms with van der Waals surface area (Å²) in [4.78, 5) is 22.9. The van der Waals surface area contributed by atoms with Crippen molar-refractivity contribution in [3.63, 3.8) is 0 Å². The van der Waals surface area contributed by atoms with Gasteiger partial charge in [-0.2, -0.15) is 149 Å². The first-order chi connectivity index (χ1) is 29.3. The summed E-state index contributed by atoms with van der Waals surface area (Å²) in [5.74, 6) is -126. The second-order valence-electron chi connectivity index (χ2n) is 14.4. The lowest BCUT2D eigenvalue weighted by Gasteiger charge is -2.42. The van der Waals surface area contributed by atoms with Crippen molar-refractivity contribution in [2.24, 2.45) is 11.8 Å². The van der Waals surface area contributed by atoms with Crippen LogP contribution in [-0.4, -0.2) is 117 Å². The summed E-state index contributed by atoms with van der Waals surface area (Å²) in [5.41, 5.74) is 0. The molecule has 0 heterocycles. The van der Waals surface area contributed by atoms with Crippen LogP contribution in [0.25, 0.3) is 0 Å². The highest BCUT2D eigenvalue weighted by molar-refractivity contribution is 5.70. The lowest BCUT2D eigenvalue weighted by Crippen LogP contribution is -2.74. The van der Waals surface area contributed by atoms with Crippen molar-refractivity contribution >= 4 is 11.9 Å². The van der Waals surface area contributed by atoms with Crippen molar-refractivity contribution in [2.45, 2.75) is 159 Å². The molecule has 68 heavy (non-hydrogen) atoms. The van der Waals surface area contributed by atoms with Gasteiger partial charge in [-0.05, 0) is 38.5 Å². The van der Waals surface area contributed by atoms with E-state index in [9.17, 15) is 159 Å². The fourth-order valence-corrected chi connectivity index (χ4v) is 5.41. The maximum Gasteiger partial charge on any atom is 0.460 e. The van der Waals surface area contributed by atoms with Crippen LogP contribution < -0.4 is 0 Å². The number of aliphatic carboxylic acids is 2. The van der Waals surface area contributed by atoms with E-state index >= 15 is 0 Å². The average molecular weight is 1090 g/mol. The molecule has 0 rings (SSSR count). The molecule has 0 radical (unpaired) electrons. The van der Waals surface area contributed by atoms with Gasteiger partial charge in [-0.25, -0.2) is 0 Å². The fourth-order valence-electron chi connectivity index (χ4n) is 5.41. The van der Waals surface area contributed by atoms with Crippen LogP contribution in [0.3, 0.4) is 0 Å². The van der Waals surface area contributed by atoms with Crippen LogP contribution in [0.5, 0.6) is 0 Å². The third-order valence-electron chi connectivity index (χ3n) is 9.71.